The topological polar surface area (TPSA) is 95.2 Å². The maximum Gasteiger partial charge on any atom is 0.274 e. The van der Waals surface area contributed by atoms with E-state index in [2.05, 4.69) is 0 Å². The van der Waals surface area contributed by atoms with Crippen molar-refractivity contribution in [3.8, 4) is 0 Å². The first kappa shape index (κ1) is 15.8. The molecule has 0 unspecified atom stereocenters. The first-order valence-corrected chi connectivity index (χ1v) is 4.95. The van der Waals surface area contributed by atoms with Gasteiger partial charge >= 0.3 is 0 Å². The van der Waals surface area contributed by atoms with E-state index in [1.807, 2.05) is 0 Å². The molecule has 1 rings (SSSR count). The van der Waals surface area contributed by atoms with E-state index < -0.39 is 16.8 Å². The third-order valence-electron chi connectivity index (χ3n) is 2.30. The molecular formula is C10H15ClFN3O2. The minimum Gasteiger partial charge on any atom is -0.330 e. The average Bonchev–Trinajstić information content (AvgIpc) is 2.25. The van der Waals surface area contributed by atoms with Gasteiger partial charge in [0.25, 0.3) is 5.69 Å². The molecule has 0 aliphatic rings. The Morgan fingerprint density at radius 2 is 2.12 bits per heavy atom. The van der Waals surface area contributed by atoms with E-state index >= 15 is 0 Å². The van der Waals surface area contributed by atoms with Crippen molar-refractivity contribution in [1.82, 2.24) is 0 Å². The molecule has 5 nitrogen and oxygen atoms in total. The molecule has 0 radical (unpaired) electrons. The minimum atomic E-state index is -0.558. The van der Waals surface area contributed by atoms with Crippen LogP contribution in [0.4, 0.5) is 10.1 Å². The first-order valence-electron chi connectivity index (χ1n) is 4.95. The van der Waals surface area contributed by atoms with Crippen molar-refractivity contribution in [3.05, 3.63) is 39.7 Å². The highest BCUT2D eigenvalue weighted by molar-refractivity contribution is 5.85. The Morgan fingerprint density at radius 3 is 2.65 bits per heavy atom. The summed E-state index contributed by atoms with van der Waals surface area (Å²) in [6.45, 7) is 0.455. The molecule has 4 N–H and O–H groups in total. The summed E-state index contributed by atoms with van der Waals surface area (Å²) in [6.07, 6.45) is 1.15. The van der Waals surface area contributed by atoms with Crippen LogP contribution in [0.15, 0.2) is 18.2 Å². The van der Waals surface area contributed by atoms with Gasteiger partial charge in [0.05, 0.1) is 4.92 Å². The summed E-state index contributed by atoms with van der Waals surface area (Å²) >= 11 is 0. The molecule has 0 aromatic heterocycles. The third-order valence-corrected chi connectivity index (χ3v) is 2.30. The van der Waals surface area contributed by atoms with Crippen molar-refractivity contribution in [2.45, 2.75) is 18.9 Å². The van der Waals surface area contributed by atoms with Crippen LogP contribution in [0.5, 0.6) is 0 Å². The van der Waals surface area contributed by atoms with Gasteiger partial charge in [-0.3, -0.25) is 10.1 Å². The van der Waals surface area contributed by atoms with Crippen molar-refractivity contribution in [3.63, 3.8) is 0 Å². The standard InChI is InChI=1S/C10H14FN3O2.ClH/c11-7-3-4-10(14(15)16)8(6-7)9(13)2-1-5-12;/h3-4,6,9H,1-2,5,12-13H2;1H/t9-;/m0./s1. The van der Waals surface area contributed by atoms with Crippen LogP contribution in [0.2, 0.25) is 0 Å². The molecule has 17 heavy (non-hydrogen) atoms. The second kappa shape index (κ2) is 7.16. The van der Waals surface area contributed by atoms with Crippen LogP contribution < -0.4 is 11.5 Å². The molecule has 0 saturated heterocycles. The molecule has 0 aliphatic heterocycles. The molecule has 0 fully saturated rings. The second-order valence-corrected chi connectivity index (χ2v) is 3.50. The lowest BCUT2D eigenvalue weighted by molar-refractivity contribution is -0.385. The number of nitrogens with two attached hydrogens (primary N) is 2. The maximum absolute atomic E-state index is 13.0. The molecule has 1 aromatic carbocycles. The summed E-state index contributed by atoms with van der Waals surface area (Å²) in [5, 5.41) is 10.7. The van der Waals surface area contributed by atoms with Crippen molar-refractivity contribution < 1.29 is 9.31 Å². The fraction of sp³-hybridized carbons (Fsp3) is 0.400. The van der Waals surface area contributed by atoms with Gasteiger partial charge in [0.1, 0.15) is 5.82 Å². The van der Waals surface area contributed by atoms with Crippen molar-refractivity contribution in [2.75, 3.05) is 6.54 Å². The fourth-order valence-corrected chi connectivity index (χ4v) is 1.48. The zero-order valence-electron chi connectivity index (χ0n) is 9.14. The molecule has 1 atom stereocenters. The number of halogens is 2. The molecule has 1 aromatic rings. The van der Waals surface area contributed by atoms with Crippen LogP contribution in [-0.4, -0.2) is 11.5 Å². The normalized spacial score (nSPS) is 11.7. The first-order chi connectivity index (χ1) is 7.56. The van der Waals surface area contributed by atoms with Gasteiger partial charge < -0.3 is 11.5 Å². The molecule has 0 bridgehead atoms. The Labute approximate surface area is 105 Å². The Bertz CT molecular complexity index is 390. The van der Waals surface area contributed by atoms with E-state index in [1.165, 1.54) is 0 Å². The van der Waals surface area contributed by atoms with Gasteiger partial charge in [0, 0.05) is 17.7 Å². The minimum absolute atomic E-state index is 0. The SMILES string of the molecule is Cl.NCCC[C@H](N)c1cc(F)ccc1[N+](=O)[O-]. The van der Waals surface area contributed by atoms with E-state index in [-0.39, 0.29) is 23.7 Å². The number of nitro groups is 1. The highest BCUT2D eigenvalue weighted by Gasteiger charge is 2.19. The van der Waals surface area contributed by atoms with E-state index in [0.717, 1.165) is 18.2 Å². The summed E-state index contributed by atoms with van der Waals surface area (Å²) < 4.78 is 13.0. The number of nitrogens with zero attached hydrogens (tertiary/aromatic N) is 1. The Kier molecular flexibility index (Phi) is 6.64. The van der Waals surface area contributed by atoms with E-state index in [1.54, 1.807) is 0 Å². The summed E-state index contributed by atoms with van der Waals surface area (Å²) in [4.78, 5) is 10.2. The number of nitro benzene ring substituents is 1. The predicted octanol–water partition coefficient (Wildman–Crippen LogP) is 1.89. The van der Waals surface area contributed by atoms with Gasteiger partial charge in [0.15, 0.2) is 0 Å². The van der Waals surface area contributed by atoms with Crippen molar-refractivity contribution in [2.24, 2.45) is 11.5 Å². The van der Waals surface area contributed by atoms with Gasteiger partial charge in [0.2, 0.25) is 0 Å². The predicted molar refractivity (Wildman–Crippen MR) is 65.5 cm³/mol. The van der Waals surface area contributed by atoms with Gasteiger partial charge in [-0.1, -0.05) is 0 Å². The molecule has 7 heteroatoms. The van der Waals surface area contributed by atoms with Crippen LogP contribution in [0.3, 0.4) is 0 Å². The summed E-state index contributed by atoms with van der Waals surface area (Å²) in [6, 6.07) is 2.74. The molecule has 0 spiro atoms. The molecular weight excluding hydrogens is 249 g/mol. The van der Waals surface area contributed by atoms with Crippen LogP contribution >= 0.6 is 12.4 Å². The molecule has 0 aliphatic carbocycles. The number of hydrogen-bond donors (Lipinski definition) is 2. The Balaban J connectivity index is 0.00000256. The van der Waals surface area contributed by atoms with Gasteiger partial charge in [-0.2, -0.15) is 0 Å². The highest BCUT2D eigenvalue weighted by atomic mass is 35.5. The number of hydrogen-bond acceptors (Lipinski definition) is 4. The average molecular weight is 264 g/mol. The van der Waals surface area contributed by atoms with E-state index in [0.29, 0.717) is 19.4 Å². The monoisotopic (exact) mass is 263 g/mol. The third kappa shape index (κ3) is 4.26. The number of benzene rings is 1. The molecule has 96 valence electrons. The maximum atomic E-state index is 13.0. The smallest absolute Gasteiger partial charge is 0.274 e. The van der Waals surface area contributed by atoms with Crippen LogP contribution in [0.25, 0.3) is 0 Å². The highest BCUT2D eigenvalue weighted by Crippen LogP contribution is 2.26. The lowest BCUT2D eigenvalue weighted by Gasteiger charge is -2.11. The van der Waals surface area contributed by atoms with Crippen LogP contribution in [0.1, 0.15) is 24.4 Å². The second-order valence-electron chi connectivity index (χ2n) is 3.50. The van der Waals surface area contributed by atoms with Crippen molar-refractivity contribution >= 4 is 18.1 Å². The Hall–Kier alpha value is -1.24. The quantitative estimate of drug-likeness (QED) is 0.626. The molecule has 0 heterocycles. The largest absolute Gasteiger partial charge is 0.330 e. The van der Waals surface area contributed by atoms with E-state index in [4.69, 9.17) is 11.5 Å². The van der Waals surface area contributed by atoms with Gasteiger partial charge in [-0.15, -0.1) is 12.4 Å². The number of rotatable bonds is 5. The zero-order valence-corrected chi connectivity index (χ0v) is 9.95. The fourth-order valence-electron chi connectivity index (χ4n) is 1.48. The molecule has 0 amide bonds. The van der Waals surface area contributed by atoms with Gasteiger partial charge in [-0.25, -0.2) is 4.39 Å². The lowest BCUT2D eigenvalue weighted by Crippen LogP contribution is -2.14. The molecule has 0 saturated carbocycles. The van der Waals surface area contributed by atoms with Crippen LogP contribution in [0, 0.1) is 15.9 Å². The zero-order chi connectivity index (χ0) is 12.1. The summed E-state index contributed by atoms with van der Waals surface area (Å²) in [5.41, 5.74) is 11.2. The lowest BCUT2D eigenvalue weighted by atomic mass is 10.0. The van der Waals surface area contributed by atoms with Crippen LogP contribution in [-0.2, 0) is 0 Å². The van der Waals surface area contributed by atoms with Gasteiger partial charge in [-0.05, 0) is 31.5 Å². The van der Waals surface area contributed by atoms with E-state index in [9.17, 15) is 14.5 Å². The Morgan fingerprint density at radius 1 is 1.47 bits per heavy atom. The van der Waals surface area contributed by atoms with Crippen molar-refractivity contribution in [1.29, 1.82) is 0 Å². The summed E-state index contributed by atoms with van der Waals surface area (Å²) in [7, 11) is 0. The summed E-state index contributed by atoms with van der Waals surface area (Å²) in [5.74, 6) is -0.524.